The summed E-state index contributed by atoms with van der Waals surface area (Å²) in [6, 6.07) is 18.9. The van der Waals surface area contributed by atoms with Gasteiger partial charge in [0.25, 0.3) is 11.8 Å². The van der Waals surface area contributed by atoms with Crippen molar-refractivity contribution in [2.45, 2.75) is 13.5 Å². The largest absolute Gasteiger partial charge is 0.336 e. The van der Waals surface area contributed by atoms with Crippen LogP contribution in [-0.4, -0.2) is 52.8 Å². The number of hydrogen-bond acceptors (Lipinski definition) is 4. The molecule has 6 heteroatoms. The molecule has 0 bridgehead atoms. The highest BCUT2D eigenvalue weighted by Gasteiger charge is 2.22. The summed E-state index contributed by atoms with van der Waals surface area (Å²) in [6.45, 7) is 6.11. The summed E-state index contributed by atoms with van der Waals surface area (Å²) in [5, 5.41) is 2.84. The minimum absolute atomic E-state index is 0.00646. The van der Waals surface area contributed by atoms with Crippen LogP contribution in [0.5, 0.6) is 0 Å². The van der Waals surface area contributed by atoms with E-state index in [1.54, 1.807) is 42.6 Å². The van der Waals surface area contributed by atoms with Crippen LogP contribution in [0.15, 0.2) is 73.1 Å². The van der Waals surface area contributed by atoms with Gasteiger partial charge < -0.3 is 10.2 Å². The van der Waals surface area contributed by atoms with E-state index in [0.29, 0.717) is 29.9 Å². The van der Waals surface area contributed by atoms with Crippen LogP contribution in [0.25, 0.3) is 0 Å². The second-order valence-corrected chi connectivity index (χ2v) is 7.77. The molecule has 0 saturated carbocycles. The van der Waals surface area contributed by atoms with Crippen molar-refractivity contribution in [2.75, 3.05) is 31.5 Å². The molecule has 1 fully saturated rings. The number of anilines is 1. The van der Waals surface area contributed by atoms with Crippen LogP contribution in [0, 0.1) is 6.92 Å². The fourth-order valence-electron chi connectivity index (χ4n) is 3.75. The number of aromatic nitrogens is 1. The molecule has 3 aromatic rings. The average Bonchev–Trinajstić information content (AvgIpc) is 2.81. The zero-order valence-electron chi connectivity index (χ0n) is 17.6. The Balaban J connectivity index is 1.35. The highest BCUT2D eigenvalue weighted by atomic mass is 16.2. The lowest BCUT2D eigenvalue weighted by molar-refractivity contribution is 0.0628. The van der Waals surface area contributed by atoms with Gasteiger partial charge >= 0.3 is 0 Å². The third-order valence-electron chi connectivity index (χ3n) is 5.61. The van der Waals surface area contributed by atoms with Crippen LogP contribution in [-0.2, 0) is 6.54 Å². The van der Waals surface area contributed by atoms with E-state index in [1.807, 2.05) is 4.90 Å². The Morgan fingerprint density at radius 1 is 0.935 bits per heavy atom. The van der Waals surface area contributed by atoms with Gasteiger partial charge in [-0.25, -0.2) is 0 Å². The zero-order valence-corrected chi connectivity index (χ0v) is 17.6. The highest BCUT2D eigenvalue weighted by Crippen LogP contribution is 2.17. The minimum Gasteiger partial charge on any atom is -0.336 e. The number of nitrogens with zero attached hydrogens (tertiary/aromatic N) is 3. The first-order valence-electron chi connectivity index (χ1n) is 10.5. The molecule has 0 aliphatic carbocycles. The van der Waals surface area contributed by atoms with Gasteiger partial charge in [-0.15, -0.1) is 0 Å². The van der Waals surface area contributed by atoms with Crippen molar-refractivity contribution in [3.8, 4) is 0 Å². The standard InChI is InChI=1S/C25H26N4O2/c1-19-6-2-3-7-22(19)18-28-12-14-29(15-13-28)25(31)20-8-4-10-23(16-20)27-24(30)21-9-5-11-26-17-21/h2-11,16-17H,12-15,18H2,1H3,(H,27,30). The number of nitrogens with one attached hydrogen (secondary N) is 1. The summed E-state index contributed by atoms with van der Waals surface area (Å²) in [6.07, 6.45) is 3.14. The maximum absolute atomic E-state index is 13.0. The Morgan fingerprint density at radius 2 is 1.71 bits per heavy atom. The van der Waals surface area contributed by atoms with E-state index in [2.05, 4.69) is 46.4 Å². The predicted molar refractivity (Wildman–Crippen MR) is 121 cm³/mol. The Hall–Kier alpha value is -3.51. The molecule has 31 heavy (non-hydrogen) atoms. The quantitative estimate of drug-likeness (QED) is 0.693. The van der Waals surface area contributed by atoms with Gasteiger partial charge in [-0.2, -0.15) is 0 Å². The van der Waals surface area contributed by atoms with Crippen LogP contribution < -0.4 is 5.32 Å². The molecule has 1 saturated heterocycles. The molecule has 2 heterocycles. The zero-order chi connectivity index (χ0) is 21.6. The summed E-state index contributed by atoms with van der Waals surface area (Å²) < 4.78 is 0. The molecule has 1 N–H and O–H groups in total. The lowest BCUT2D eigenvalue weighted by atomic mass is 10.1. The molecule has 0 radical (unpaired) electrons. The first-order valence-corrected chi connectivity index (χ1v) is 10.5. The molecule has 158 valence electrons. The molecule has 1 aliphatic rings. The lowest BCUT2D eigenvalue weighted by Gasteiger charge is -2.35. The van der Waals surface area contributed by atoms with Crippen molar-refractivity contribution in [2.24, 2.45) is 0 Å². The van der Waals surface area contributed by atoms with E-state index < -0.39 is 0 Å². The molecule has 0 spiro atoms. The van der Waals surface area contributed by atoms with E-state index in [-0.39, 0.29) is 11.8 Å². The normalized spacial score (nSPS) is 14.3. The second-order valence-electron chi connectivity index (χ2n) is 7.77. The Kier molecular flexibility index (Phi) is 6.38. The van der Waals surface area contributed by atoms with E-state index in [4.69, 9.17) is 0 Å². The van der Waals surface area contributed by atoms with Crippen molar-refractivity contribution in [3.05, 3.63) is 95.3 Å². The third-order valence-corrected chi connectivity index (χ3v) is 5.61. The summed E-state index contributed by atoms with van der Waals surface area (Å²) in [4.78, 5) is 33.6. The molecular weight excluding hydrogens is 388 g/mol. The third kappa shape index (κ3) is 5.16. The topological polar surface area (TPSA) is 65.5 Å². The number of carbonyl (C=O) groups is 2. The van der Waals surface area contributed by atoms with Gasteiger partial charge in [-0.05, 0) is 48.4 Å². The number of pyridine rings is 1. The maximum Gasteiger partial charge on any atom is 0.257 e. The first kappa shape index (κ1) is 20.8. The van der Waals surface area contributed by atoms with Crippen LogP contribution in [0.1, 0.15) is 31.8 Å². The monoisotopic (exact) mass is 414 g/mol. The van der Waals surface area contributed by atoms with Crippen molar-refractivity contribution in [3.63, 3.8) is 0 Å². The van der Waals surface area contributed by atoms with Gasteiger partial charge in [0.2, 0.25) is 0 Å². The minimum atomic E-state index is -0.248. The molecular formula is C25H26N4O2. The van der Waals surface area contributed by atoms with Crippen molar-refractivity contribution < 1.29 is 9.59 Å². The molecule has 1 aliphatic heterocycles. The smallest absolute Gasteiger partial charge is 0.257 e. The van der Waals surface area contributed by atoms with Gasteiger partial charge in [0.05, 0.1) is 5.56 Å². The number of benzene rings is 2. The average molecular weight is 415 g/mol. The number of hydrogen-bond donors (Lipinski definition) is 1. The number of aryl methyl sites for hydroxylation is 1. The van der Waals surface area contributed by atoms with E-state index >= 15 is 0 Å². The van der Waals surface area contributed by atoms with Gasteiger partial charge in [0.15, 0.2) is 0 Å². The number of piperazine rings is 1. The van der Waals surface area contributed by atoms with Crippen molar-refractivity contribution >= 4 is 17.5 Å². The van der Waals surface area contributed by atoms with E-state index in [9.17, 15) is 9.59 Å². The van der Waals surface area contributed by atoms with Crippen LogP contribution in [0.2, 0.25) is 0 Å². The van der Waals surface area contributed by atoms with Crippen LogP contribution >= 0.6 is 0 Å². The highest BCUT2D eigenvalue weighted by molar-refractivity contribution is 6.04. The number of amides is 2. The van der Waals surface area contributed by atoms with Crippen molar-refractivity contribution in [1.82, 2.24) is 14.8 Å². The second kappa shape index (κ2) is 9.53. The lowest BCUT2D eigenvalue weighted by Crippen LogP contribution is -2.48. The Labute approximate surface area is 182 Å². The van der Waals surface area contributed by atoms with Gasteiger partial charge in [-0.1, -0.05) is 30.3 Å². The Morgan fingerprint density at radius 3 is 2.45 bits per heavy atom. The first-order chi connectivity index (χ1) is 15.1. The molecule has 4 rings (SSSR count). The van der Waals surface area contributed by atoms with Crippen molar-refractivity contribution in [1.29, 1.82) is 0 Å². The molecule has 6 nitrogen and oxygen atoms in total. The summed E-state index contributed by atoms with van der Waals surface area (Å²) in [7, 11) is 0. The molecule has 0 unspecified atom stereocenters. The fraction of sp³-hybridized carbons (Fsp3) is 0.240. The molecule has 0 atom stereocenters. The van der Waals surface area contributed by atoms with Gasteiger partial charge in [0.1, 0.15) is 0 Å². The number of rotatable bonds is 5. The SMILES string of the molecule is Cc1ccccc1CN1CCN(C(=O)c2cccc(NC(=O)c3cccnc3)c2)CC1. The fourth-order valence-corrected chi connectivity index (χ4v) is 3.75. The summed E-state index contributed by atoms with van der Waals surface area (Å²) in [5.41, 5.74) is 4.28. The van der Waals surface area contributed by atoms with Gasteiger partial charge in [-0.3, -0.25) is 19.5 Å². The molecule has 1 aromatic heterocycles. The maximum atomic E-state index is 13.0. The number of carbonyl (C=O) groups excluding carboxylic acids is 2. The Bertz CT molecular complexity index is 1060. The summed E-state index contributed by atoms with van der Waals surface area (Å²) >= 11 is 0. The van der Waals surface area contributed by atoms with E-state index in [1.165, 1.54) is 17.3 Å². The van der Waals surface area contributed by atoms with E-state index in [0.717, 1.165) is 19.6 Å². The van der Waals surface area contributed by atoms with Crippen LogP contribution in [0.3, 0.4) is 0 Å². The molecule has 2 aromatic carbocycles. The van der Waals surface area contributed by atoms with Crippen LogP contribution in [0.4, 0.5) is 5.69 Å². The molecule has 2 amide bonds. The van der Waals surface area contributed by atoms with Gasteiger partial charge in [0, 0.05) is 56.4 Å². The predicted octanol–water partition coefficient (Wildman–Crippen LogP) is 3.60. The summed E-state index contributed by atoms with van der Waals surface area (Å²) in [5.74, 6) is -0.254.